The number of hydrogen-bond donors (Lipinski definition) is 0. The Morgan fingerprint density at radius 2 is 2.09 bits per heavy atom. The van der Waals surface area contributed by atoms with Gasteiger partial charge in [0.2, 0.25) is 0 Å². The van der Waals surface area contributed by atoms with E-state index < -0.39 is 0 Å². The molecule has 0 aliphatic heterocycles. The van der Waals surface area contributed by atoms with Gasteiger partial charge in [0.1, 0.15) is 0 Å². The van der Waals surface area contributed by atoms with Gasteiger partial charge in [0, 0.05) is 12.3 Å². The topological polar surface area (TPSA) is 21.6 Å². The van der Waals surface area contributed by atoms with E-state index in [4.69, 9.17) is 4.74 Å². The van der Waals surface area contributed by atoms with Crippen molar-refractivity contribution >= 4 is 5.71 Å². The van der Waals surface area contributed by atoms with E-state index in [1.165, 1.54) is 5.71 Å². The molecule has 66 valence electrons. The van der Waals surface area contributed by atoms with E-state index in [0.29, 0.717) is 5.92 Å². The molecule has 0 bridgehead atoms. The van der Waals surface area contributed by atoms with Crippen LogP contribution < -0.4 is 0 Å². The molecule has 0 aromatic rings. The van der Waals surface area contributed by atoms with Gasteiger partial charge in [-0.1, -0.05) is 13.8 Å². The molecule has 0 atom stereocenters. The largest absolute Gasteiger partial charge is 0.380 e. The first-order valence-electron chi connectivity index (χ1n) is 4.27. The standard InChI is InChI=1S/C9H19NO/c1-5-11-7-6-10-9(4)8(2)3/h8H,5-7H2,1-4H3/b10-9+. The molecule has 0 saturated carbocycles. The van der Waals surface area contributed by atoms with Crippen molar-refractivity contribution in [3.8, 4) is 0 Å². The molecule has 0 N–H and O–H groups in total. The molecule has 2 nitrogen and oxygen atoms in total. The predicted octanol–water partition coefficient (Wildman–Crippen LogP) is 2.14. The van der Waals surface area contributed by atoms with Crippen molar-refractivity contribution < 1.29 is 4.74 Å². The zero-order chi connectivity index (χ0) is 8.69. The smallest absolute Gasteiger partial charge is 0.0661 e. The Hall–Kier alpha value is -0.370. The molecule has 0 aliphatic carbocycles. The van der Waals surface area contributed by atoms with Crippen LogP contribution in [0.25, 0.3) is 0 Å². The lowest BCUT2D eigenvalue weighted by Crippen LogP contribution is -2.05. The lowest BCUT2D eigenvalue weighted by atomic mass is 10.1. The van der Waals surface area contributed by atoms with Crippen LogP contribution in [0.5, 0.6) is 0 Å². The van der Waals surface area contributed by atoms with Gasteiger partial charge in [-0.05, 0) is 19.8 Å². The van der Waals surface area contributed by atoms with E-state index in [2.05, 4.69) is 25.8 Å². The minimum absolute atomic E-state index is 0.566. The summed E-state index contributed by atoms with van der Waals surface area (Å²) < 4.78 is 5.16. The summed E-state index contributed by atoms with van der Waals surface area (Å²) in [6, 6.07) is 0. The number of aliphatic imine (C=N–C) groups is 1. The molecular weight excluding hydrogens is 138 g/mol. The molecule has 0 radical (unpaired) electrons. The second-order valence-electron chi connectivity index (χ2n) is 2.87. The van der Waals surface area contributed by atoms with Crippen LogP contribution in [0.15, 0.2) is 4.99 Å². The summed E-state index contributed by atoms with van der Waals surface area (Å²) in [5, 5.41) is 0. The summed E-state index contributed by atoms with van der Waals surface area (Å²) >= 11 is 0. The van der Waals surface area contributed by atoms with Gasteiger partial charge >= 0.3 is 0 Å². The lowest BCUT2D eigenvalue weighted by Gasteiger charge is -2.03. The third-order valence-corrected chi connectivity index (χ3v) is 1.64. The zero-order valence-electron chi connectivity index (χ0n) is 8.05. The fraction of sp³-hybridized carbons (Fsp3) is 0.889. The van der Waals surface area contributed by atoms with Gasteiger partial charge in [0.05, 0.1) is 13.2 Å². The quantitative estimate of drug-likeness (QED) is 0.442. The molecule has 0 unspecified atom stereocenters. The summed E-state index contributed by atoms with van der Waals surface area (Å²) in [7, 11) is 0. The summed E-state index contributed by atoms with van der Waals surface area (Å²) in [6.07, 6.45) is 0. The molecule has 0 aliphatic rings. The Morgan fingerprint density at radius 1 is 1.45 bits per heavy atom. The van der Waals surface area contributed by atoms with E-state index in [-0.39, 0.29) is 0 Å². The Morgan fingerprint density at radius 3 is 2.55 bits per heavy atom. The fourth-order valence-corrected chi connectivity index (χ4v) is 0.613. The van der Waals surface area contributed by atoms with Gasteiger partial charge in [-0.25, -0.2) is 0 Å². The Balaban J connectivity index is 3.40. The molecule has 2 heteroatoms. The van der Waals surface area contributed by atoms with E-state index in [1.54, 1.807) is 0 Å². The van der Waals surface area contributed by atoms with Crippen LogP contribution in [0.4, 0.5) is 0 Å². The van der Waals surface area contributed by atoms with Crippen LogP contribution in [0.3, 0.4) is 0 Å². The summed E-state index contributed by atoms with van der Waals surface area (Å²) in [5.74, 6) is 0.566. The van der Waals surface area contributed by atoms with E-state index >= 15 is 0 Å². The number of rotatable bonds is 5. The molecule has 0 saturated heterocycles. The fourth-order valence-electron chi connectivity index (χ4n) is 0.613. The third kappa shape index (κ3) is 6.05. The first kappa shape index (κ1) is 10.6. The highest BCUT2D eigenvalue weighted by Crippen LogP contribution is 1.95. The first-order valence-corrected chi connectivity index (χ1v) is 4.27. The van der Waals surface area contributed by atoms with Crippen LogP contribution >= 0.6 is 0 Å². The second-order valence-corrected chi connectivity index (χ2v) is 2.87. The molecule has 0 rings (SSSR count). The first-order chi connectivity index (χ1) is 5.18. The van der Waals surface area contributed by atoms with Gasteiger partial charge in [0.15, 0.2) is 0 Å². The minimum Gasteiger partial charge on any atom is -0.380 e. The highest BCUT2D eigenvalue weighted by molar-refractivity contribution is 5.83. The van der Waals surface area contributed by atoms with Crippen molar-refractivity contribution in [2.24, 2.45) is 10.9 Å². The van der Waals surface area contributed by atoms with Crippen LogP contribution in [0.2, 0.25) is 0 Å². The average molecular weight is 157 g/mol. The van der Waals surface area contributed by atoms with Gasteiger partial charge in [-0.3, -0.25) is 4.99 Å². The zero-order valence-corrected chi connectivity index (χ0v) is 8.05. The Bertz CT molecular complexity index is 119. The maximum Gasteiger partial charge on any atom is 0.0661 e. The van der Waals surface area contributed by atoms with Crippen LogP contribution in [0.1, 0.15) is 27.7 Å². The Labute approximate surface area is 69.7 Å². The molecule has 0 amide bonds. The van der Waals surface area contributed by atoms with Crippen molar-refractivity contribution in [1.29, 1.82) is 0 Å². The maximum absolute atomic E-state index is 5.16. The predicted molar refractivity (Wildman–Crippen MR) is 49.3 cm³/mol. The van der Waals surface area contributed by atoms with E-state index in [0.717, 1.165) is 19.8 Å². The van der Waals surface area contributed by atoms with Crippen molar-refractivity contribution in [3.63, 3.8) is 0 Å². The molecule has 0 heterocycles. The van der Waals surface area contributed by atoms with Crippen molar-refractivity contribution in [3.05, 3.63) is 0 Å². The summed E-state index contributed by atoms with van der Waals surface area (Å²) in [5.41, 5.74) is 1.21. The summed E-state index contributed by atoms with van der Waals surface area (Å²) in [6.45, 7) is 10.7. The summed E-state index contributed by atoms with van der Waals surface area (Å²) in [4.78, 5) is 4.35. The normalized spacial score (nSPS) is 12.6. The van der Waals surface area contributed by atoms with Gasteiger partial charge < -0.3 is 4.74 Å². The highest BCUT2D eigenvalue weighted by atomic mass is 16.5. The number of ether oxygens (including phenoxy) is 1. The molecule has 0 fully saturated rings. The molecule has 0 aromatic heterocycles. The Kier molecular flexibility index (Phi) is 6.13. The maximum atomic E-state index is 5.16. The molecule has 11 heavy (non-hydrogen) atoms. The monoisotopic (exact) mass is 157 g/mol. The lowest BCUT2D eigenvalue weighted by molar-refractivity contribution is 0.155. The molecule has 0 spiro atoms. The number of nitrogens with zero attached hydrogens (tertiary/aromatic N) is 1. The van der Waals surface area contributed by atoms with Crippen LogP contribution in [-0.2, 0) is 4.74 Å². The number of hydrogen-bond acceptors (Lipinski definition) is 2. The average Bonchev–Trinajstić information content (AvgIpc) is 1.97. The van der Waals surface area contributed by atoms with Crippen LogP contribution in [-0.4, -0.2) is 25.5 Å². The van der Waals surface area contributed by atoms with Crippen molar-refractivity contribution in [2.75, 3.05) is 19.8 Å². The van der Waals surface area contributed by atoms with Crippen LogP contribution in [0, 0.1) is 5.92 Å². The minimum atomic E-state index is 0.566. The molecule has 0 aromatic carbocycles. The SMILES string of the molecule is CCOCC/N=C(\C)C(C)C. The highest BCUT2D eigenvalue weighted by Gasteiger charge is 1.95. The molecular formula is C9H19NO. The van der Waals surface area contributed by atoms with E-state index in [9.17, 15) is 0 Å². The van der Waals surface area contributed by atoms with Crippen molar-refractivity contribution in [2.45, 2.75) is 27.7 Å². The van der Waals surface area contributed by atoms with Gasteiger partial charge in [-0.15, -0.1) is 0 Å². The van der Waals surface area contributed by atoms with Gasteiger partial charge in [0.25, 0.3) is 0 Å². The van der Waals surface area contributed by atoms with Gasteiger partial charge in [-0.2, -0.15) is 0 Å². The van der Waals surface area contributed by atoms with Crippen molar-refractivity contribution in [1.82, 2.24) is 0 Å². The third-order valence-electron chi connectivity index (χ3n) is 1.64. The second kappa shape index (κ2) is 6.35. The van der Waals surface area contributed by atoms with E-state index in [1.807, 2.05) is 6.92 Å².